The van der Waals surface area contributed by atoms with Crippen LogP contribution in [0.25, 0.3) is 0 Å². The number of carbonyl (C=O) groups excluding carboxylic acids is 5. The molecule has 77 heavy (non-hydrogen) atoms. The minimum atomic E-state index is -4.98. The minimum absolute atomic E-state index is 0.0789. The summed E-state index contributed by atoms with van der Waals surface area (Å²) in [7, 11) is -4.98. The monoisotopic (exact) mass is 1090 g/mol. The number of ether oxygens (including phenoxy) is 6. The van der Waals surface area contributed by atoms with Crippen molar-refractivity contribution in [2.75, 3.05) is 13.2 Å². The predicted molar refractivity (Wildman–Crippen MR) is 286 cm³/mol. The van der Waals surface area contributed by atoms with Gasteiger partial charge in [0.2, 0.25) is 17.7 Å². The van der Waals surface area contributed by atoms with Gasteiger partial charge in [0.05, 0.1) is 39.0 Å². The molecule has 1 heterocycles. The van der Waals surface area contributed by atoms with Crippen LogP contribution in [0, 0.1) is 11.8 Å². The lowest BCUT2D eigenvalue weighted by molar-refractivity contribution is -0.270. The molecule has 19 nitrogen and oxygen atoms in total. The summed E-state index contributed by atoms with van der Waals surface area (Å²) in [6, 6.07) is 33.5. The summed E-state index contributed by atoms with van der Waals surface area (Å²) >= 11 is 0. The quantitative estimate of drug-likeness (QED) is 0.0178. The van der Waals surface area contributed by atoms with Crippen molar-refractivity contribution in [3.63, 3.8) is 0 Å². The van der Waals surface area contributed by atoms with Crippen molar-refractivity contribution in [1.29, 1.82) is 0 Å². The molecule has 0 aromatic heterocycles. The average molecular weight is 1090 g/mol. The van der Waals surface area contributed by atoms with Crippen molar-refractivity contribution in [2.45, 2.75) is 155 Å². The molecule has 0 saturated carbocycles. The third-order valence-electron chi connectivity index (χ3n) is 12.2. The van der Waals surface area contributed by atoms with Gasteiger partial charge >= 0.3 is 19.9 Å². The maximum atomic E-state index is 14.2. The lowest BCUT2D eigenvalue weighted by Crippen LogP contribution is -2.61. The molecular weight excluding hydrogens is 1010 g/mol. The first kappa shape index (κ1) is 61.8. The highest BCUT2D eigenvalue weighted by Gasteiger charge is 2.49. The van der Waals surface area contributed by atoms with E-state index in [9.17, 15) is 38.3 Å². The van der Waals surface area contributed by atoms with Crippen LogP contribution >= 0.6 is 7.82 Å². The van der Waals surface area contributed by atoms with Crippen molar-refractivity contribution < 1.29 is 71.3 Å². The van der Waals surface area contributed by atoms with Crippen LogP contribution in [0.5, 0.6) is 0 Å². The first-order chi connectivity index (χ1) is 36.6. The molecule has 0 aliphatic carbocycles. The molecular formula is C57H77N4O15P. The Labute approximate surface area is 452 Å². The zero-order valence-electron chi connectivity index (χ0n) is 45.0. The number of phosphoric acid groups is 1. The van der Waals surface area contributed by atoms with Gasteiger partial charge in [-0.1, -0.05) is 149 Å². The highest BCUT2D eigenvalue weighted by atomic mass is 31.2. The van der Waals surface area contributed by atoms with E-state index in [-0.39, 0.29) is 51.7 Å². The van der Waals surface area contributed by atoms with Gasteiger partial charge in [0.1, 0.15) is 54.7 Å². The van der Waals surface area contributed by atoms with Crippen LogP contribution in [0.4, 0.5) is 4.79 Å². The van der Waals surface area contributed by atoms with Gasteiger partial charge in [0, 0.05) is 6.54 Å². The summed E-state index contributed by atoms with van der Waals surface area (Å²) in [6.07, 6.45) is -5.18. The van der Waals surface area contributed by atoms with E-state index in [2.05, 4.69) is 21.3 Å². The van der Waals surface area contributed by atoms with E-state index in [4.69, 9.17) is 32.9 Å². The Morgan fingerprint density at radius 3 is 1.55 bits per heavy atom. The number of nitrogens with one attached hydrogen (secondary N) is 4. The fourth-order valence-corrected chi connectivity index (χ4v) is 8.77. The Bertz CT molecular complexity index is 2480. The maximum absolute atomic E-state index is 14.2. The van der Waals surface area contributed by atoms with E-state index in [1.165, 1.54) is 0 Å². The fraction of sp³-hybridized carbons (Fsp3) is 0.491. The molecule has 4 amide bonds. The number of hydrogen-bond acceptors (Lipinski definition) is 13. The standard InChI is InChI=1S/C57H77N4O15P/c1-38(2)31-44(60-56(66)76-57(5,6)7)53(63)59-45(32-48(62)70-33-40-21-12-8-13-22-40)54(64)61-49(39(3)4)55(65)58-30-20-29-46-50(71-34-41-23-14-9-15-24-41)52(73-36-43-27-18-11-19-28-43)51(47(75-46)37-74-77(67,68)69)72-35-42-25-16-10-17-26-42/h8-19,21-28,38-39,44-47,49-52H,20,29-37H2,1-7H3,(H,58,65)(H,59,63)(H,60,66)(H,61,64)(H2,67,68,69). The van der Waals surface area contributed by atoms with Crippen molar-refractivity contribution in [1.82, 2.24) is 21.3 Å². The lowest BCUT2D eigenvalue weighted by Gasteiger charge is -2.46. The van der Waals surface area contributed by atoms with Crippen LogP contribution < -0.4 is 21.3 Å². The molecule has 4 aromatic rings. The van der Waals surface area contributed by atoms with Gasteiger partial charge in [-0.15, -0.1) is 0 Å². The van der Waals surface area contributed by atoms with Crippen molar-refractivity contribution in [3.8, 4) is 0 Å². The Morgan fingerprint density at radius 1 is 0.610 bits per heavy atom. The Kier molecular flexibility index (Phi) is 24.7. The largest absolute Gasteiger partial charge is 0.469 e. The second-order valence-electron chi connectivity index (χ2n) is 20.7. The van der Waals surface area contributed by atoms with E-state index in [0.717, 1.165) is 16.7 Å². The number of benzene rings is 4. The second-order valence-corrected chi connectivity index (χ2v) is 21.9. The Hall–Kier alpha value is -6.02. The lowest BCUT2D eigenvalue weighted by atomic mass is 9.91. The molecule has 20 heteroatoms. The maximum Gasteiger partial charge on any atom is 0.469 e. The second kappa shape index (κ2) is 30.8. The normalized spacial score (nSPS) is 18.9. The van der Waals surface area contributed by atoms with E-state index in [1.54, 1.807) is 58.9 Å². The number of amides is 4. The molecule has 0 spiro atoms. The number of esters is 1. The predicted octanol–water partition coefficient (Wildman–Crippen LogP) is 7.21. The summed E-state index contributed by atoms with van der Waals surface area (Å²) in [6.45, 7) is 12.1. The molecule has 8 atom stereocenters. The van der Waals surface area contributed by atoms with Crippen molar-refractivity contribution >= 4 is 37.6 Å². The number of phosphoric ester groups is 1. The van der Waals surface area contributed by atoms with Gasteiger partial charge in [-0.05, 0) is 74.1 Å². The molecule has 420 valence electrons. The SMILES string of the molecule is CC(C)CC(NC(=O)OC(C)(C)C)C(=O)NC(CC(=O)OCc1ccccc1)C(=O)NC(C(=O)NCCCC1OC(COP(=O)(O)O)C(OCc2ccccc2)C(OCc2ccccc2)C1OCc1ccccc1)C(C)C. The van der Waals surface area contributed by atoms with Crippen molar-refractivity contribution in [2.24, 2.45) is 11.8 Å². The summed E-state index contributed by atoms with van der Waals surface area (Å²) in [5.74, 6) is -3.50. The van der Waals surface area contributed by atoms with Gasteiger partial charge in [-0.2, -0.15) is 0 Å². The summed E-state index contributed by atoms with van der Waals surface area (Å²) < 4.78 is 54.7. The van der Waals surface area contributed by atoms with Gasteiger partial charge in [0.15, 0.2) is 0 Å². The molecule has 1 aliphatic rings. The summed E-state index contributed by atoms with van der Waals surface area (Å²) in [5.41, 5.74) is 2.41. The zero-order valence-corrected chi connectivity index (χ0v) is 45.9. The fourth-order valence-electron chi connectivity index (χ4n) is 8.43. The first-order valence-corrected chi connectivity index (χ1v) is 27.6. The third-order valence-corrected chi connectivity index (χ3v) is 12.7. The van der Waals surface area contributed by atoms with Gasteiger partial charge in [0.25, 0.3) is 0 Å². The molecule has 0 radical (unpaired) electrons. The van der Waals surface area contributed by atoms with Gasteiger partial charge in [-0.3, -0.25) is 23.7 Å². The third kappa shape index (κ3) is 22.5. The van der Waals surface area contributed by atoms with E-state index < -0.39 is 111 Å². The van der Waals surface area contributed by atoms with Crippen LogP contribution in [0.1, 0.15) is 96.4 Å². The van der Waals surface area contributed by atoms with E-state index in [1.807, 2.05) is 111 Å². The van der Waals surface area contributed by atoms with Gasteiger partial charge in [-0.25, -0.2) is 9.36 Å². The summed E-state index contributed by atoms with van der Waals surface area (Å²) in [5, 5.41) is 10.9. The van der Waals surface area contributed by atoms with Crippen LogP contribution in [-0.4, -0.2) is 107 Å². The molecule has 5 rings (SSSR count). The van der Waals surface area contributed by atoms with Crippen LogP contribution in [-0.2, 0) is 83.1 Å². The highest BCUT2D eigenvalue weighted by Crippen LogP contribution is 2.39. The van der Waals surface area contributed by atoms with Crippen molar-refractivity contribution in [3.05, 3.63) is 144 Å². The summed E-state index contributed by atoms with van der Waals surface area (Å²) in [4.78, 5) is 88.1. The average Bonchev–Trinajstić information content (AvgIpc) is 3.39. The molecule has 4 aromatic carbocycles. The first-order valence-electron chi connectivity index (χ1n) is 26.0. The Morgan fingerprint density at radius 2 is 1.08 bits per heavy atom. The molecule has 1 aliphatic heterocycles. The topological polar surface area (TPSA) is 256 Å². The Balaban J connectivity index is 1.34. The smallest absolute Gasteiger partial charge is 0.461 e. The van der Waals surface area contributed by atoms with Crippen LogP contribution in [0.2, 0.25) is 0 Å². The number of rotatable bonds is 29. The van der Waals surface area contributed by atoms with Crippen LogP contribution in [0.3, 0.4) is 0 Å². The molecule has 6 N–H and O–H groups in total. The van der Waals surface area contributed by atoms with E-state index in [0.29, 0.717) is 12.0 Å². The highest BCUT2D eigenvalue weighted by molar-refractivity contribution is 7.46. The van der Waals surface area contributed by atoms with Gasteiger partial charge < -0.3 is 59.5 Å². The number of alkyl carbamates (subject to hydrolysis) is 1. The van der Waals surface area contributed by atoms with E-state index >= 15 is 0 Å². The minimum Gasteiger partial charge on any atom is -0.461 e. The number of carbonyl (C=O) groups is 5. The molecule has 8 unspecified atom stereocenters. The molecule has 1 fully saturated rings. The molecule has 1 saturated heterocycles. The van der Waals surface area contributed by atoms with Crippen LogP contribution in [0.15, 0.2) is 121 Å². The number of hydrogen-bond donors (Lipinski definition) is 6. The molecule has 0 bridgehead atoms. The zero-order chi connectivity index (χ0) is 56.0.